The molecule has 4 aromatic rings. The van der Waals surface area contributed by atoms with Crippen molar-refractivity contribution in [2.45, 2.75) is 6.54 Å². The van der Waals surface area contributed by atoms with E-state index in [2.05, 4.69) is 14.3 Å². The summed E-state index contributed by atoms with van der Waals surface area (Å²) < 4.78 is 7.39. The molecule has 4 heterocycles. The number of amides is 1. The second kappa shape index (κ2) is 7.18. The molecule has 1 aliphatic rings. The van der Waals surface area contributed by atoms with Gasteiger partial charge in [0.05, 0.1) is 11.9 Å². The number of rotatable bonds is 3. The van der Waals surface area contributed by atoms with Crippen molar-refractivity contribution >= 4 is 22.5 Å². The van der Waals surface area contributed by atoms with Crippen molar-refractivity contribution in [1.82, 2.24) is 19.2 Å². The normalized spacial score (nSPS) is 15.2. The predicted molar refractivity (Wildman–Crippen MR) is 109 cm³/mol. The molecule has 0 unspecified atom stereocenters. The molecule has 0 saturated carbocycles. The van der Waals surface area contributed by atoms with Crippen LogP contribution in [0.4, 0.5) is 0 Å². The Bertz CT molecular complexity index is 1250. The Hall–Kier alpha value is -3.45. The maximum atomic E-state index is 12.9. The van der Waals surface area contributed by atoms with E-state index in [4.69, 9.17) is 4.42 Å². The van der Waals surface area contributed by atoms with Gasteiger partial charge < -0.3 is 13.7 Å². The Balaban J connectivity index is 1.28. The van der Waals surface area contributed by atoms with Crippen LogP contribution in [0.2, 0.25) is 0 Å². The number of imidazole rings is 1. The van der Waals surface area contributed by atoms with Crippen LogP contribution in [-0.2, 0) is 6.54 Å². The van der Waals surface area contributed by atoms with E-state index in [1.54, 1.807) is 23.1 Å². The summed E-state index contributed by atoms with van der Waals surface area (Å²) in [6.45, 7) is 3.39. The number of pyridine rings is 1. The van der Waals surface area contributed by atoms with Crippen molar-refractivity contribution in [1.29, 1.82) is 0 Å². The summed E-state index contributed by atoms with van der Waals surface area (Å²) in [6, 6.07) is 14.8. The van der Waals surface area contributed by atoms with Crippen LogP contribution in [0.5, 0.6) is 0 Å². The van der Waals surface area contributed by atoms with Gasteiger partial charge in [0.15, 0.2) is 0 Å². The molecule has 0 atom stereocenters. The van der Waals surface area contributed by atoms with E-state index < -0.39 is 5.63 Å². The molecule has 3 aromatic heterocycles. The van der Waals surface area contributed by atoms with E-state index in [-0.39, 0.29) is 11.5 Å². The van der Waals surface area contributed by atoms with Crippen molar-refractivity contribution in [2.75, 3.05) is 26.2 Å². The van der Waals surface area contributed by atoms with Crippen molar-refractivity contribution in [3.63, 3.8) is 0 Å². The molecule has 1 aromatic carbocycles. The SMILES string of the molecule is O=C(c1cc2ccccc2oc1=O)N1CCN(Cc2cnc3ccccn23)CC1. The van der Waals surface area contributed by atoms with Crippen molar-refractivity contribution in [2.24, 2.45) is 0 Å². The molecule has 7 heteroatoms. The van der Waals surface area contributed by atoms with E-state index in [9.17, 15) is 9.59 Å². The molecule has 7 nitrogen and oxygen atoms in total. The number of fused-ring (bicyclic) bond motifs is 2. The summed E-state index contributed by atoms with van der Waals surface area (Å²) in [4.78, 5) is 33.6. The van der Waals surface area contributed by atoms with Gasteiger partial charge in [-0.1, -0.05) is 24.3 Å². The van der Waals surface area contributed by atoms with Crippen molar-refractivity contribution in [3.05, 3.63) is 82.6 Å². The van der Waals surface area contributed by atoms with E-state index in [1.165, 1.54) is 0 Å². The number of benzene rings is 1. The third-order valence-corrected chi connectivity index (χ3v) is 5.41. The zero-order chi connectivity index (χ0) is 19.8. The zero-order valence-electron chi connectivity index (χ0n) is 15.8. The lowest BCUT2D eigenvalue weighted by molar-refractivity contribution is 0.0623. The molecule has 0 radical (unpaired) electrons. The Labute approximate surface area is 166 Å². The number of nitrogens with zero attached hydrogens (tertiary/aromatic N) is 4. The second-order valence-corrected chi connectivity index (χ2v) is 7.23. The number of carbonyl (C=O) groups excluding carboxylic acids is 1. The summed E-state index contributed by atoms with van der Waals surface area (Å²) in [5, 5.41) is 0.752. The lowest BCUT2D eigenvalue weighted by atomic mass is 10.1. The highest BCUT2D eigenvalue weighted by molar-refractivity contribution is 5.96. The first kappa shape index (κ1) is 17.6. The summed E-state index contributed by atoms with van der Waals surface area (Å²) in [5.41, 5.74) is 2.06. The Morgan fingerprint density at radius 2 is 1.83 bits per heavy atom. The van der Waals surface area contributed by atoms with Crippen molar-refractivity contribution < 1.29 is 9.21 Å². The minimum absolute atomic E-state index is 0.0962. The average molecular weight is 388 g/mol. The minimum atomic E-state index is -0.582. The van der Waals surface area contributed by atoms with Crippen LogP contribution in [0.3, 0.4) is 0 Å². The number of hydrogen-bond donors (Lipinski definition) is 0. The largest absolute Gasteiger partial charge is 0.422 e. The van der Waals surface area contributed by atoms with Gasteiger partial charge in [-0.3, -0.25) is 9.69 Å². The van der Waals surface area contributed by atoms with Gasteiger partial charge in [-0.2, -0.15) is 0 Å². The van der Waals surface area contributed by atoms with Crippen LogP contribution in [0, 0.1) is 0 Å². The van der Waals surface area contributed by atoms with Gasteiger partial charge in [-0.25, -0.2) is 9.78 Å². The quantitative estimate of drug-likeness (QED) is 0.504. The van der Waals surface area contributed by atoms with Gasteiger partial charge in [-0.05, 0) is 24.3 Å². The molecular weight excluding hydrogens is 368 g/mol. The molecule has 0 N–H and O–H groups in total. The maximum Gasteiger partial charge on any atom is 0.349 e. The molecular formula is C22H20N4O3. The van der Waals surface area contributed by atoms with Gasteiger partial charge >= 0.3 is 5.63 Å². The second-order valence-electron chi connectivity index (χ2n) is 7.23. The zero-order valence-corrected chi connectivity index (χ0v) is 15.8. The smallest absolute Gasteiger partial charge is 0.349 e. The first-order valence-corrected chi connectivity index (χ1v) is 9.64. The fourth-order valence-electron chi connectivity index (χ4n) is 3.82. The van der Waals surface area contributed by atoms with E-state index >= 15 is 0 Å². The van der Waals surface area contributed by atoms with E-state index in [1.807, 2.05) is 42.7 Å². The van der Waals surface area contributed by atoms with Crippen LogP contribution in [0.1, 0.15) is 16.1 Å². The topological polar surface area (TPSA) is 71.1 Å². The predicted octanol–water partition coefficient (Wildman–Crippen LogP) is 2.40. The number of aromatic nitrogens is 2. The molecule has 1 saturated heterocycles. The average Bonchev–Trinajstić information content (AvgIpc) is 3.16. The Kier molecular flexibility index (Phi) is 4.37. The molecule has 0 aliphatic carbocycles. The van der Waals surface area contributed by atoms with Gasteiger partial charge in [0.25, 0.3) is 5.91 Å². The molecule has 5 rings (SSSR count). The molecule has 146 valence electrons. The molecule has 0 bridgehead atoms. The van der Waals surface area contributed by atoms with E-state index in [0.29, 0.717) is 18.7 Å². The third-order valence-electron chi connectivity index (χ3n) is 5.41. The molecule has 1 fully saturated rings. The number of carbonyl (C=O) groups is 1. The van der Waals surface area contributed by atoms with Crippen LogP contribution < -0.4 is 5.63 Å². The first-order valence-electron chi connectivity index (χ1n) is 9.64. The van der Waals surface area contributed by atoms with Gasteiger partial charge in [-0.15, -0.1) is 0 Å². The third kappa shape index (κ3) is 3.30. The summed E-state index contributed by atoms with van der Waals surface area (Å²) in [6.07, 6.45) is 3.91. The first-order chi connectivity index (χ1) is 14.2. The lowest BCUT2D eigenvalue weighted by Crippen LogP contribution is -2.49. The standard InChI is InChI=1S/C22H20N4O3/c27-21(18-13-16-5-1-2-6-19(16)29-22(18)28)25-11-9-24(10-12-25)15-17-14-23-20-7-3-4-8-26(17)20/h1-8,13-14H,9-12,15H2. The Morgan fingerprint density at radius 1 is 1.03 bits per heavy atom. The van der Waals surface area contributed by atoms with Crippen LogP contribution in [0.15, 0.2) is 70.1 Å². The fraction of sp³-hybridized carbons (Fsp3) is 0.227. The Morgan fingerprint density at radius 3 is 2.69 bits per heavy atom. The molecule has 0 spiro atoms. The van der Waals surface area contributed by atoms with Gasteiger partial charge in [0, 0.05) is 44.3 Å². The van der Waals surface area contributed by atoms with Crippen LogP contribution in [0.25, 0.3) is 16.6 Å². The summed E-state index contributed by atoms with van der Waals surface area (Å²) in [7, 11) is 0. The summed E-state index contributed by atoms with van der Waals surface area (Å²) in [5.74, 6) is -0.265. The van der Waals surface area contributed by atoms with Crippen molar-refractivity contribution in [3.8, 4) is 0 Å². The highest BCUT2D eigenvalue weighted by atomic mass is 16.4. The van der Waals surface area contributed by atoms with Crippen LogP contribution >= 0.6 is 0 Å². The fourth-order valence-corrected chi connectivity index (χ4v) is 3.82. The molecule has 1 aliphatic heterocycles. The highest BCUT2D eigenvalue weighted by Gasteiger charge is 2.25. The number of hydrogen-bond acceptors (Lipinski definition) is 5. The van der Waals surface area contributed by atoms with Gasteiger partial charge in [0.2, 0.25) is 0 Å². The number of para-hydroxylation sites is 1. The maximum absolute atomic E-state index is 12.9. The van der Waals surface area contributed by atoms with E-state index in [0.717, 1.165) is 36.4 Å². The molecule has 29 heavy (non-hydrogen) atoms. The lowest BCUT2D eigenvalue weighted by Gasteiger charge is -2.34. The summed E-state index contributed by atoms with van der Waals surface area (Å²) >= 11 is 0. The monoisotopic (exact) mass is 388 g/mol. The van der Waals surface area contributed by atoms with Crippen LogP contribution in [-0.4, -0.2) is 51.3 Å². The molecule has 1 amide bonds. The number of piperazine rings is 1. The highest BCUT2D eigenvalue weighted by Crippen LogP contribution is 2.16. The van der Waals surface area contributed by atoms with Gasteiger partial charge in [0.1, 0.15) is 16.8 Å². The minimum Gasteiger partial charge on any atom is -0.422 e.